The van der Waals surface area contributed by atoms with Crippen molar-refractivity contribution in [2.24, 2.45) is 0 Å². The quantitative estimate of drug-likeness (QED) is 0.897. The normalized spacial score (nSPS) is 30.0. The van der Waals surface area contributed by atoms with Crippen LogP contribution in [-0.4, -0.2) is 41.8 Å². The van der Waals surface area contributed by atoms with Crippen molar-refractivity contribution >= 4 is 11.7 Å². The number of nitrogens with zero attached hydrogens (tertiary/aromatic N) is 1. The number of carbonyl (C=O) groups is 2. The van der Waals surface area contributed by atoms with Gasteiger partial charge in [-0.25, -0.2) is 0 Å². The van der Waals surface area contributed by atoms with Gasteiger partial charge in [-0.15, -0.1) is 0 Å². The van der Waals surface area contributed by atoms with Gasteiger partial charge in [-0.05, 0) is 31.4 Å². The molecule has 1 aromatic carbocycles. The number of benzene rings is 1. The molecule has 0 saturated carbocycles. The van der Waals surface area contributed by atoms with Crippen LogP contribution in [-0.2, 0) is 16.0 Å². The Balaban J connectivity index is 1.75. The Morgan fingerprint density at radius 1 is 1.14 bits per heavy atom. The predicted octanol–water partition coefficient (Wildman–Crippen LogP) is 1.54. The molecule has 2 aliphatic heterocycles. The summed E-state index contributed by atoms with van der Waals surface area (Å²) in [6.07, 6.45) is 3.82. The maximum Gasteiger partial charge on any atom is 0.237 e. The molecule has 2 aliphatic rings. The van der Waals surface area contributed by atoms with Gasteiger partial charge in [-0.3, -0.25) is 14.5 Å². The van der Waals surface area contributed by atoms with Crippen LogP contribution >= 0.6 is 0 Å². The summed E-state index contributed by atoms with van der Waals surface area (Å²) in [4.78, 5) is 26.5. The van der Waals surface area contributed by atoms with E-state index < -0.39 is 0 Å². The number of hydrogen-bond donors (Lipinski definition) is 1. The van der Waals surface area contributed by atoms with Gasteiger partial charge in [0, 0.05) is 25.4 Å². The highest BCUT2D eigenvalue weighted by Gasteiger charge is 2.35. The van der Waals surface area contributed by atoms with Crippen molar-refractivity contribution < 1.29 is 9.59 Å². The maximum atomic E-state index is 12.4. The van der Waals surface area contributed by atoms with Crippen molar-refractivity contribution in [3.8, 4) is 0 Å². The molecule has 0 aliphatic carbocycles. The average molecular weight is 286 g/mol. The summed E-state index contributed by atoms with van der Waals surface area (Å²) >= 11 is 0. The van der Waals surface area contributed by atoms with E-state index in [2.05, 4.69) is 22.3 Å². The van der Waals surface area contributed by atoms with Crippen LogP contribution in [0.4, 0.5) is 0 Å². The van der Waals surface area contributed by atoms with Crippen LogP contribution in [0.1, 0.15) is 31.2 Å². The summed E-state index contributed by atoms with van der Waals surface area (Å²) < 4.78 is 0. The van der Waals surface area contributed by atoms with Crippen LogP contribution in [0.25, 0.3) is 0 Å². The third-order valence-electron chi connectivity index (χ3n) is 4.44. The summed E-state index contributed by atoms with van der Waals surface area (Å²) in [6, 6.07) is 10.0. The lowest BCUT2D eigenvalue weighted by atomic mass is 9.98. The fourth-order valence-electron chi connectivity index (χ4n) is 3.35. The lowest BCUT2D eigenvalue weighted by Gasteiger charge is -2.39. The molecule has 0 spiro atoms. The van der Waals surface area contributed by atoms with Crippen LogP contribution in [0, 0.1) is 0 Å². The van der Waals surface area contributed by atoms with Gasteiger partial charge in [-0.2, -0.15) is 0 Å². The molecule has 1 unspecified atom stereocenters. The smallest absolute Gasteiger partial charge is 0.237 e. The molecule has 1 amide bonds. The molecule has 3 atom stereocenters. The fraction of sp³-hybridized carbons (Fsp3) is 0.529. The minimum absolute atomic E-state index is 0.00452. The Morgan fingerprint density at radius 3 is 2.76 bits per heavy atom. The highest BCUT2D eigenvalue weighted by molar-refractivity contribution is 5.85. The number of Topliss-reactive ketones (excluding diaryl/α,β-unsaturated/α-hetero) is 1. The lowest BCUT2D eigenvalue weighted by molar-refractivity contribution is -0.131. The molecule has 112 valence electrons. The molecule has 2 heterocycles. The van der Waals surface area contributed by atoms with Gasteiger partial charge in [0.2, 0.25) is 5.91 Å². The van der Waals surface area contributed by atoms with Crippen LogP contribution in [0.5, 0.6) is 0 Å². The molecule has 2 saturated heterocycles. The van der Waals surface area contributed by atoms with Gasteiger partial charge in [0.25, 0.3) is 0 Å². The summed E-state index contributed by atoms with van der Waals surface area (Å²) in [5, 5.41) is 3.04. The Labute approximate surface area is 125 Å². The van der Waals surface area contributed by atoms with Crippen LogP contribution in [0.15, 0.2) is 30.3 Å². The van der Waals surface area contributed by atoms with E-state index in [1.807, 2.05) is 18.2 Å². The van der Waals surface area contributed by atoms with E-state index in [1.165, 1.54) is 5.56 Å². The highest BCUT2D eigenvalue weighted by Crippen LogP contribution is 2.19. The number of carbonyl (C=O) groups excluding carboxylic acids is 2. The van der Waals surface area contributed by atoms with Crippen LogP contribution < -0.4 is 5.32 Å². The summed E-state index contributed by atoms with van der Waals surface area (Å²) in [5.41, 5.74) is 1.19. The molecule has 2 bridgehead atoms. The molecule has 1 N–H and O–H groups in total. The van der Waals surface area contributed by atoms with Crippen molar-refractivity contribution in [2.45, 2.75) is 44.2 Å². The third-order valence-corrected chi connectivity index (χ3v) is 4.44. The maximum absolute atomic E-state index is 12.4. The second-order valence-electron chi connectivity index (χ2n) is 6.11. The van der Waals surface area contributed by atoms with E-state index >= 15 is 0 Å². The van der Waals surface area contributed by atoms with E-state index in [4.69, 9.17) is 0 Å². The predicted molar refractivity (Wildman–Crippen MR) is 80.9 cm³/mol. The number of amides is 1. The van der Waals surface area contributed by atoms with Crippen molar-refractivity contribution in [2.75, 3.05) is 13.1 Å². The lowest BCUT2D eigenvalue weighted by Crippen LogP contribution is -2.60. The van der Waals surface area contributed by atoms with Gasteiger partial charge >= 0.3 is 0 Å². The number of ketones is 1. The molecule has 4 heteroatoms. The number of nitrogens with one attached hydrogen (secondary N) is 1. The van der Waals surface area contributed by atoms with Gasteiger partial charge in [-0.1, -0.05) is 30.3 Å². The molecule has 1 aromatic rings. The van der Waals surface area contributed by atoms with E-state index in [9.17, 15) is 9.59 Å². The summed E-state index contributed by atoms with van der Waals surface area (Å²) in [7, 11) is 0. The average Bonchev–Trinajstić information content (AvgIpc) is 2.54. The Kier molecular flexibility index (Phi) is 4.34. The topological polar surface area (TPSA) is 49.4 Å². The van der Waals surface area contributed by atoms with Crippen molar-refractivity contribution in [3.05, 3.63) is 35.9 Å². The molecule has 21 heavy (non-hydrogen) atoms. The third kappa shape index (κ3) is 3.50. The first kappa shape index (κ1) is 14.3. The zero-order valence-corrected chi connectivity index (χ0v) is 12.3. The first-order chi connectivity index (χ1) is 10.2. The number of rotatable bonds is 2. The second kappa shape index (κ2) is 6.39. The first-order valence-electron chi connectivity index (χ1n) is 7.82. The van der Waals surface area contributed by atoms with Crippen LogP contribution in [0.3, 0.4) is 0 Å². The zero-order valence-electron chi connectivity index (χ0n) is 12.3. The SMILES string of the molecule is O=C1CCCCN2C[C@H](C1)NC(=O)[C@H]2Cc1ccccc1. The zero-order chi connectivity index (χ0) is 14.7. The Morgan fingerprint density at radius 2 is 1.95 bits per heavy atom. The van der Waals surface area contributed by atoms with E-state index in [0.29, 0.717) is 12.8 Å². The monoisotopic (exact) mass is 286 g/mol. The van der Waals surface area contributed by atoms with Crippen LogP contribution in [0.2, 0.25) is 0 Å². The number of fused-ring (bicyclic) bond motifs is 2. The second-order valence-corrected chi connectivity index (χ2v) is 6.11. The standard InChI is InChI=1S/C17H22N2O2/c20-15-8-4-5-9-19-12-14(11-15)18-17(21)16(19)10-13-6-2-1-3-7-13/h1-3,6-7,14,16H,4-5,8-12H2,(H,18,21)/t14-,16+/m0/s1. The van der Waals surface area contributed by atoms with Gasteiger partial charge in [0.05, 0.1) is 6.04 Å². The first-order valence-corrected chi connectivity index (χ1v) is 7.82. The summed E-state index contributed by atoms with van der Waals surface area (Å²) in [5.74, 6) is 0.355. The van der Waals surface area contributed by atoms with E-state index in [0.717, 1.165) is 32.4 Å². The molecule has 0 radical (unpaired) electrons. The Bertz CT molecular complexity index is 515. The van der Waals surface area contributed by atoms with Crippen molar-refractivity contribution in [1.82, 2.24) is 10.2 Å². The molecule has 2 fully saturated rings. The highest BCUT2D eigenvalue weighted by atomic mass is 16.2. The molecule has 3 rings (SSSR count). The van der Waals surface area contributed by atoms with Gasteiger partial charge < -0.3 is 5.32 Å². The number of hydrogen-bond acceptors (Lipinski definition) is 3. The Hall–Kier alpha value is -1.68. The van der Waals surface area contributed by atoms with Gasteiger partial charge in [0.15, 0.2) is 0 Å². The minimum Gasteiger partial charge on any atom is -0.350 e. The number of piperazine rings is 1. The largest absolute Gasteiger partial charge is 0.350 e. The molecule has 0 aromatic heterocycles. The fourth-order valence-corrected chi connectivity index (χ4v) is 3.35. The summed E-state index contributed by atoms with van der Waals surface area (Å²) in [6.45, 7) is 1.71. The van der Waals surface area contributed by atoms with E-state index in [-0.39, 0.29) is 23.8 Å². The van der Waals surface area contributed by atoms with Crippen molar-refractivity contribution in [1.29, 1.82) is 0 Å². The molecule has 4 nitrogen and oxygen atoms in total. The molecular weight excluding hydrogens is 264 g/mol. The van der Waals surface area contributed by atoms with Gasteiger partial charge in [0.1, 0.15) is 5.78 Å². The van der Waals surface area contributed by atoms with Crippen molar-refractivity contribution in [3.63, 3.8) is 0 Å². The molecular formula is C17H22N2O2. The minimum atomic E-state index is -0.100. The van der Waals surface area contributed by atoms with E-state index in [1.54, 1.807) is 0 Å².